The first-order chi connectivity index (χ1) is 9.74. The van der Waals surface area contributed by atoms with Crippen molar-refractivity contribution < 1.29 is 14.2 Å². The molecule has 2 N–H and O–H groups in total. The largest absolute Gasteiger partial charge is 0.490 e. The van der Waals surface area contributed by atoms with Crippen LogP contribution in [-0.2, 0) is 4.74 Å². The molecule has 0 bridgehead atoms. The van der Waals surface area contributed by atoms with Crippen molar-refractivity contribution in [1.29, 1.82) is 0 Å². The van der Waals surface area contributed by atoms with E-state index in [0.29, 0.717) is 24.0 Å². The molecular formula is C15H20ClNO3. The number of halogens is 1. The van der Waals surface area contributed by atoms with Crippen molar-refractivity contribution >= 4 is 11.6 Å². The molecule has 0 aliphatic carbocycles. The summed E-state index contributed by atoms with van der Waals surface area (Å²) in [5, 5.41) is 0.639. The van der Waals surface area contributed by atoms with Crippen molar-refractivity contribution in [3.63, 3.8) is 0 Å². The molecule has 2 aliphatic rings. The third kappa shape index (κ3) is 3.03. The molecule has 1 aromatic carbocycles. The lowest BCUT2D eigenvalue weighted by molar-refractivity contribution is 0.0983. The quantitative estimate of drug-likeness (QED) is 0.931. The van der Waals surface area contributed by atoms with Crippen molar-refractivity contribution in [2.45, 2.75) is 37.8 Å². The van der Waals surface area contributed by atoms with Crippen LogP contribution in [0.2, 0.25) is 5.02 Å². The molecule has 2 atom stereocenters. The minimum Gasteiger partial charge on any atom is -0.490 e. The Morgan fingerprint density at radius 1 is 1.15 bits per heavy atom. The van der Waals surface area contributed by atoms with Crippen LogP contribution in [0.3, 0.4) is 0 Å². The van der Waals surface area contributed by atoms with E-state index in [1.54, 1.807) is 0 Å². The van der Waals surface area contributed by atoms with E-state index in [1.165, 1.54) is 0 Å². The lowest BCUT2D eigenvalue weighted by atomic mass is 9.99. The summed E-state index contributed by atoms with van der Waals surface area (Å²) in [6.45, 7) is 2.16. The van der Waals surface area contributed by atoms with E-state index in [0.717, 1.165) is 43.6 Å². The van der Waals surface area contributed by atoms with Gasteiger partial charge in [0.2, 0.25) is 0 Å². The molecule has 0 aromatic heterocycles. The van der Waals surface area contributed by atoms with E-state index in [9.17, 15) is 0 Å². The number of ether oxygens (including phenoxy) is 3. The summed E-state index contributed by atoms with van der Waals surface area (Å²) in [4.78, 5) is 0. The van der Waals surface area contributed by atoms with Gasteiger partial charge in [-0.25, -0.2) is 0 Å². The minimum atomic E-state index is -0.136. The average molecular weight is 298 g/mol. The van der Waals surface area contributed by atoms with E-state index in [2.05, 4.69) is 0 Å². The van der Waals surface area contributed by atoms with Crippen molar-refractivity contribution in [3.8, 4) is 11.5 Å². The Balaban J connectivity index is 1.79. The van der Waals surface area contributed by atoms with E-state index in [1.807, 2.05) is 12.1 Å². The molecular weight excluding hydrogens is 278 g/mol. The molecule has 5 heteroatoms. The monoisotopic (exact) mass is 297 g/mol. The molecule has 4 nitrogen and oxygen atoms in total. The highest BCUT2D eigenvalue weighted by Gasteiger charge is 2.23. The summed E-state index contributed by atoms with van der Waals surface area (Å²) in [5.41, 5.74) is 7.20. The number of fused-ring (bicyclic) bond motifs is 1. The van der Waals surface area contributed by atoms with Gasteiger partial charge in [0.15, 0.2) is 11.5 Å². The van der Waals surface area contributed by atoms with E-state index >= 15 is 0 Å². The topological polar surface area (TPSA) is 53.7 Å². The molecule has 3 rings (SSSR count). The first-order valence-electron chi connectivity index (χ1n) is 7.20. The lowest BCUT2D eigenvalue weighted by Crippen LogP contribution is -2.18. The highest BCUT2D eigenvalue weighted by atomic mass is 35.5. The number of rotatable bonds is 3. The molecule has 1 saturated heterocycles. The Kier molecular flexibility index (Phi) is 4.34. The van der Waals surface area contributed by atoms with Crippen LogP contribution in [0, 0.1) is 0 Å². The van der Waals surface area contributed by atoms with Gasteiger partial charge < -0.3 is 19.9 Å². The Hall–Kier alpha value is -0.970. The summed E-state index contributed by atoms with van der Waals surface area (Å²) in [6.07, 6.45) is 4.11. The maximum Gasteiger partial charge on any atom is 0.162 e. The average Bonchev–Trinajstić information content (AvgIpc) is 2.82. The fourth-order valence-electron chi connectivity index (χ4n) is 2.72. The second kappa shape index (κ2) is 6.20. The molecule has 2 heterocycles. The minimum absolute atomic E-state index is 0.136. The number of benzene rings is 1. The van der Waals surface area contributed by atoms with Crippen LogP contribution in [0.25, 0.3) is 0 Å². The summed E-state index contributed by atoms with van der Waals surface area (Å²) >= 11 is 6.34. The van der Waals surface area contributed by atoms with Gasteiger partial charge in [0.1, 0.15) is 0 Å². The number of hydrogen-bond donors (Lipinski definition) is 1. The van der Waals surface area contributed by atoms with Crippen LogP contribution in [-0.4, -0.2) is 25.9 Å². The smallest absolute Gasteiger partial charge is 0.162 e. The van der Waals surface area contributed by atoms with Gasteiger partial charge in [-0.2, -0.15) is 0 Å². The molecule has 0 radical (unpaired) electrons. The van der Waals surface area contributed by atoms with E-state index in [4.69, 9.17) is 31.5 Å². The fraction of sp³-hybridized carbons (Fsp3) is 0.600. The van der Waals surface area contributed by atoms with Gasteiger partial charge in [-0.05, 0) is 30.9 Å². The molecule has 0 amide bonds. The maximum absolute atomic E-state index is 6.34. The highest BCUT2D eigenvalue weighted by molar-refractivity contribution is 6.31. The second-order valence-corrected chi connectivity index (χ2v) is 5.76. The third-order valence-corrected chi connectivity index (χ3v) is 4.13. The van der Waals surface area contributed by atoms with E-state index in [-0.39, 0.29) is 12.1 Å². The second-order valence-electron chi connectivity index (χ2n) is 5.35. The normalized spacial score (nSPS) is 23.4. The molecule has 2 unspecified atom stereocenters. The third-order valence-electron chi connectivity index (χ3n) is 3.81. The van der Waals surface area contributed by atoms with Crippen LogP contribution in [0.1, 0.15) is 37.3 Å². The Morgan fingerprint density at radius 2 is 1.90 bits per heavy atom. The first kappa shape index (κ1) is 14.0. The number of nitrogens with two attached hydrogens (primary N) is 1. The molecule has 0 spiro atoms. The molecule has 1 aromatic rings. The van der Waals surface area contributed by atoms with Gasteiger partial charge >= 0.3 is 0 Å². The van der Waals surface area contributed by atoms with Crippen LogP contribution in [0.4, 0.5) is 0 Å². The molecule has 2 aliphatic heterocycles. The molecule has 20 heavy (non-hydrogen) atoms. The zero-order valence-electron chi connectivity index (χ0n) is 11.4. The van der Waals surface area contributed by atoms with Gasteiger partial charge in [0, 0.05) is 30.2 Å². The van der Waals surface area contributed by atoms with Crippen molar-refractivity contribution in [3.05, 3.63) is 22.7 Å². The fourth-order valence-corrected chi connectivity index (χ4v) is 3.02. The van der Waals surface area contributed by atoms with Crippen LogP contribution in [0.5, 0.6) is 11.5 Å². The standard InChI is InChI=1S/C15H20ClNO3/c16-12-9-15-14(19-5-2-6-20-15)8-11(12)13(17)7-10-3-1-4-18-10/h8-10,13H,1-7,17H2. The summed E-state index contributed by atoms with van der Waals surface area (Å²) in [7, 11) is 0. The summed E-state index contributed by atoms with van der Waals surface area (Å²) < 4.78 is 17.0. The SMILES string of the molecule is NC(CC1CCCO1)c1cc2c(cc1Cl)OCCCO2. The number of hydrogen-bond acceptors (Lipinski definition) is 4. The Bertz CT molecular complexity index is 474. The van der Waals surface area contributed by atoms with Gasteiger partial charge in [-0.3, -0.25) is 0 Å². The predicted octanol–water partition coefficient (Wildman–Crippen LogP) is 3.07. The highest BCUT2D eigenvalue weighted by Crippen LogP contribution is 2.38. The molecule has 0 saturated carbocycles. The van der Waals surface area contributed by atoms with Crippen LogP contribution < -0.4 is 15.2 Å². The van der Waals surface area contributed by atoms with Crippen molar-refractivity contribution in [2.75, 3.05) is 19.8 Å². The summed E-state index contributed by atoms with van der Waals surface area (Å²) in [6, 6.07) is 3.60. The molecule has 1 fully saturated rings. The predicted molar refractivity (Wildman–Crippen MR) is 77.6 cm³/mol. The first-order valence-corrected chi connectivity index (χ1v) is 7.58. The lowest BCUT2D eigenvalue weighted by Gasteiger charge is -2.19. The van der Waals surface area contributed by atoms with E-state index < -0.39 is 0 Å². The van der Waals surface area contributed by atoms with Gasteiger partial charge in [0.25, 0.3) is 0 Å². The van der Waals surface area contributed by atoms with Gasteiger partial charge in [0.05, 0.1) is 19.3 Å². The summed E-state index contributed by atoms with van der Waals surface area (Å²) in [5.74, 6) is 1.45. The van der Waals surface area contributed by atoms with Crippen molar-refractivity contribution in [2.24, 2.45) is 5.73 Å². The van der Waals surface area contributed by atoms with Crippen LogP contribution >= 0.6 is 11.6 Å². The van der Waals surface area contributed by atoms with Gasteiger partial charge in [-0.15, -0.1) is 0 Å². The van der Waals surface area contributed by atoms with Crippen LogP contribution in [0.15, 0.2) is 12.1 Å². The zero-order chi connectivity index (χ0) is 13.9. The zero-order valence-corrected chi connectivity index (χ0v) is 12.2. The molecule has 110 valence electrons. The van der Waals surface area contributed by atoms with Gasteiger partial charge in [-0.1, -0.05) is 11.6 Å². The van der Waals surface area contributed by atoms with Crippen molar-refractivity contribution in [1.82, 2.24) is 0 Å². The Labute approximate surface area is 124 Å². The maximum atomic E-state index is 6.34. The Morgan fingerprint density at radius 3 is 2.60 bits per heavy atom.